The van der Waals surface area contributed by atoms with Crippen LogP contribution in [0.1, 0.15) is 31.1 Å². The molecule has 1 saturated heterocycles. The molecule has 3 unspecified atom stereocenters. The Morgan fingerprint density at radius 1 is 1.15 bits per heavy atom. The van der Waals surface area contributed by atoms with Crippen LogP contribution in [0.3, 0.4) is 0 Å². The molecule has 12 heteroatoms. The summed E-state index contributed by atoms with van der Waals surface area (Å²) in [5.74, 6) is -2.22. The average Bonchev–Trinajstić information content (AvgIpc) is 3.29. The molecular weight excluding hydrogens is 506 g/mol. The topological polar surface area (TPSA) is 134 Å². The van der Waals surface area contributed by atoms with Crippen molar-refractivity contribution in [3.05, 3.63) is 66.1 Å². The zero-order valence-electron chi connectivity index (χ0n) is 21.8. The molecule has 3 atom stereocenters. The van der Waals surface area contributed by atoms with Crippen LogP contribution in [0.2, 0.25) is 0 Å². The largest absolute Gasteiger partial charge is 0.391 e. The van der Waals surface area contributed by atoms with Gasteiger partial charge in [0.05, 0.1) is 52.2 Å². The lowest BCUT2D eigenvalue weighted by Gasteiger charge is -2.40. The molecule has 1 fully saturated rings. The van der Waals surface area contributed by atoms with Crippen molar-refractivity contribution in [1.82, 2.24) is 24.9 Å². The third kappa shape index (κ3) is 5.12. The Kier molecular flexibility index (Phi) is 7.15. The summed E-state index contributed by atoms with van der Waals surface area (Å²) in [5.41, 5.74) is 7.49. The Labute approximate surface area is 223 Å². The second kappa shape index (κ2) is 10.5. The van der Waals surface area contributed by atoms with Gasteiger partial charge in [0, 0.05) is 37.3 Å². The number of nitrogens with two attached hydrogens (primary N) is 1. The number of halogens is 2. The Morgan fingerprint density at radius 2 is 1.95 bits per heavy atom. The molecule has 39 heavy (non-hydrogen) atoms. The summed E-state index contributed by atoms with van der Waals surface area (Å²) in [6, 6.07) is 6.49. The van der Waals surface area contributed by atoms with Crippen molar-refractivity contribution in [2.24, 2.45) is 11.7 Å². The number of carbonyl (C=O) groups is 1. The van der Waals surface area contributed by atoms with Gasteiger partial charge in [-0.15, -0.1) is 0 Å². The molecule has 1 aliphatic rings. The average molecular weight is 537 g/mol. The van der Waals surface area contributed by atoms with E-state index in [0.29, 0.717) is 30.2 Å². The number of rotatable bonds is 6. The molecule has 10 nitrogen and oxygen atoms in total. The van der Waals surface area contributed by atoms with Crippen molar-refractivity contribution in [3.8, 4) is 11.3 Å². The van der Waals surface area contributed by atoms with Crippen LogP contribution in [-0.2, 0) is 0 Å². The van der Waals surface area contributed by atoms with Crippen LogP contribution in [-0.4, -0.2) is 61.9 Å². The van der Waals surface area contributed by atoms with Gasteiger partial charge in [-0.1, -0.05) is 6.92 Å². The number of fused-ring (bicyclic) bond motifs is 1. The van der Waals surface area contributed by atoms with Crippen molar-refractivity contribution in [1.29, 1.82) is 0 Å². The van der Waals surface area contributed by atoms with Crippen molar-refractivity contribution in [2.45, 2.75) is 39.0 Å². The van der Waals surface area contributed by atoms with E-state index in [1.54, 1.807) is 38.5 Å². The number of carbonyl (C=O) groups excluding carboxylic acids is 1. The lowest BCUT2D eigenvalue weighted by molar-refractivity contribution is 0.0785. The van der Waals surface area contributed by atoms with E-state index < -0.39 is 35.3 Å². The molecule has 204 valence electrons. The summed E-state index contributed by atoms with van der Waals surface area (Å²) >= 11 is 0. The van der Waals surface area contributed by atoms with Gasteiger partial charge in [0.1, 0.15) is 11.6 Å². The fraction of sp³-hybridized carbons (Fsp3) is 0.333. The monoisotopic (exact) mass is 536 g/mol. The van der Waals surface area contributed by atoms with Crippen LogP contribution in [0.25, 0.3) is 16.8 Å². The summed E-state index contributed by atoms with van der Waals surface area (Å²) < 4.78 is 31.7. The van der Waals surface area contributed by atoms with E-state index in [-0.39, 0.29) is 23.2 Å². The van der Waals surface area contributed by atoms with Gasteiger partial charge in [-0.05, 0) is 44.2 Å². The van der Waals surface area contributed by atoms with Crippen molar-refractivity contribution >= 4 is 28.7 Å². The highest BCUT2D eigenvalue weighted by molar-refractivity contribution is 5.96. The number of aliphatic hydroxyl groups is 1. The lowest BCUT2D eigenvalue weighted by atomic mass is 9.92. The van der Waals surface area contributed by atoms with Crippen molar-refractivity contribution in [3.63, 3.8) is 0 Å². The molecule has 0 spiro atoms. The minimum absolute atomic E-state index is 0.00558. The molecule has 0 bridgehead atoms. The van der Waals surface area contributed by atoms with Crippen molar-refractivity contribution < 1.29 is 18.7 Å². The maximum Gasteiger partial charge on any atom is 0.254 e. The quantitative estimate of drug-likeness (QED) is 0.296. The summed E-state index contributed by atoms with van der Waals surface area (Å²) in [5, 5.41) is 20.6. The molecule has 5 rings (SSSR count). The number of pyridine rings is 1. The van der Waals surface area contributed by atoms with Crippen LogP contribution < -0.4 is 21.3 Å². The number of anilines is 3. The van der Waals surface area contributed by atoms with Gasteiger partial charge in [0.25, 0.3) is 5.91 Å². The summed E-state index contributed by atoms with van der Waals surface area (Å²) in [6.07, 6.45) is 4.28. The summed E-state index contributed by atoms with van der Waals surface area (Å²) in [4.78, 5) is 23.2. The molecule has 0 radical (unpaired) electrons. The van der Waals surface area contributed by atoms with Crippen LogP contribution in [0, 0.1) is 17.6 Å². The number of aliphatic hydroxyl groups excluding tert-OH is 1. The number of benzene rings is 1. The molecule has 4 aromatic rings. The van der Waals surface area contributed by atoms with E-state index in [9.17, 15) is 14.3 Å². The molecule has 0 aliphatic carbocycles. The highest BCUT2D eigenvalue weighted by Crippen LogP contribution is 2.32. The zero-order chi connectivity index (χ0) is 27.8. The normalized spacial score (nSPS) is 19.5. The first-order valence-corrected chi connectivity index (χ1v) is 12.7. The predicted octanol–water partition coefficient (Wildman–Crippen LogP) is 3.10. The summed E-state index contributed by atoms with van der Waals surface area (Å²) in [6.45, 7) is 6.49. The number of hydrogen-bond donors (Lipinski definition) is 4. The van der Waals surface area contributed by atoms with Gasteiger partial charge >= 0.3 is 0 Å². The molecule has 3 aromatic heterocycles. The third-order valence-electron chi connectivity index (χ3n) is 6.74. The maximum absolute atomic E-state index is 15.4. The van der Waals surface area contributed by atoms with E-state index in [2.05, 4.69) is 30.6 Å². The van der Waals surface area contributed by atoms with E-state index >= 15 is 4.39 Å². The first-order valence-electron chi connectivity index (χ1n) is 12.7. The molecule has 1 aromatic carbocycles. The smallest absolute Gasteiger partial charge is 0.254 e. The van der Waals surface area contributed by atoms with E-state index in [4.69, 9.17) is 5.73 Å². The number of aromatic nitrogens is 4. The fourth-order valence-electron chi connectivity index (χ4n) is 4.80. The molecule has 1 aliphatic heterocycles. The predicted molar refractivity (Wildman–Crippen MR) is 144 cm³/mol. The van der Waals surface area contributed by atoms with Gasteiger partial charge in [-0.25, -0.2) is 13.8 Å². The van der Waals surface area contributed by atoms with E-state index in [0.717, 1.165) is 17.8 Å². The second-order valence-electron chi connectivity index (χ2n) is 10.1. The first kappa shape index (κ1) is 26.4. The van der Waals surface area contributed by atoms with E-state index in [1.807, 2.05) is 13.0 Å². The molecule has 4 heterocycles. The van der Waals surface area contributed by atoms with Gasteiger partial charge in [-0.3, -0.25) is 9.78 Å². The van der Waals surface area contributed by atoms with Crippen LogP contribution in [0.4, 0.5) is 26.1 Å². The fourth-order valence-corrected chi connectivity index (χ4v) is 4.80. The van der Waals surface area contributed by atoms with Crippen LogP contribution >= 0.6 is 0 Å². The number of nitrogens with one attached hydrogen (secondary N) is 2. The number of hydrogen-bond acceptors (Lipinski definition) is 8. The number of imidazole rings is 1. The minimum Gasteiger partial charge on any atom is -0.391 e. The van der Waals surface area contributed by atoms with E-state index in [1.165, 1.54) is 10.6 Å². The minimum atomic E-state index is -0.998. The highest BCUT2D eigenvalue weighted by Gasteiger charge is 2.32. The van der Waals surface area contributed by atoms with Gasteiger partial charge in [0.15, 0.2) is 0 Å². The van der Waals surface area contributed by atoms with Crippen molar-refractivity contribution in [2.75, 3.05) is 23.3 Å². The summed E-state index contributed by atoms with van der Waals surface area (Å²) in [7, 11) is 0. The van der Waals surface area contributed by atoms with Crippen LogP contribution in [0.15, 0.2) is 48.9 Å². The first-order chi connectivity index (χ1) is 18.6. The SMILES string of the molecule is CC(C)NC(=O)c1ccc(F)c(-c2ccc3cnc(Nc4cnccc4N4CC(C)C(O)C(N)C4)n3n2)c1F. The number of piperidine rings is 1. The number of nitrogens with zero attached hydrogens (tertiary/aromatic N) is 5. The van der Waals surface area contributed by atoms with Crippen LogP contribution in [0.5, 0.6) is 0 Å². The molecule has 1 amide bonds. The van der Waals surface area contributed by atoms with Gasteiger partial charge in [-0.2, -0.15) is 9.61 Å². The van der Waals surface area contributed by atoms with Gasteiger partial charge < -0.3 is 26.4 Å². The second-order valence-corrected chi connectivity index (χ2v) is 10.1. The lowest BCUT2D eigenvalue weighted by Crippen LogP contribution is -2.55. The Bertz CT molecular complexity index is 1510. The van der Waals surface area contributed by atoms with Gasteiger partial charge in [0.2, 0.25) is 5.95 Å². The molecule has 5 N–H and O–H groups in total. The third-order valence-corrected chi connectivity index (χ3v) is 6.74. The molecule has 0 saturated carbocycles. The number of amides is 1. The Morgan fingerprint density at radius 3 is 2.69 bits per heavy atom. The highest BCUT2D eigenvalue weighted by atomic mass is 19.1. The maximum atomic E-state index is 15.4. The zero-order valence-corrected chi connectivity index (χ0v) is 21.8. The standard InChI is InChI=1S/C27H30F2N8O2/c1-14(2)33-26(39)17-5-6-18(28)23(24(17)29)20-7-4-16-10-32-27(37(16)35-20)34-21-11-31-9-8-22(21)36-12-15(3)25(38)19(30)13-36/h4-11,14-15,19,25,38H,12-13,30H2,1-3H3,(H,32,34)(H,33,39). The molecular formula is C27H30F2N8O2. The Hall–Kier alpha value is -4.16. The Balaban J connectivity index is 1.51.